The van der Waals surface area contributed by atoms with Gasteiger partial charge in [0.05, 0.1) is 6.04 Å². The lowest BCUT2D eigenvalue weighted by molar-refractivity contribution is 0.266. The lowest BCUT2D eigenvalue weighted by Crippen LogP contribution is -2.38. The Labute approximate surface area is 81.3 Å². The molecule has 0 aromatic carbocycles. The molecule has 2 fully saturated rings. The summed E-state index contributed by atoms with van der Waals surface area (Å²) in [6.45, 7) is 2.34. The molecule has 2 rings (SSSR count). The van der Waals surface area contributed by atoms with Crippen LogP contribution in [-0.4, -0.2) is 15.3 Å². The van der Waals surface area contributed by atoms with Gasteiger partial charge >= 0.3 is 0 Å². The molecule has 0 aromatic rings. The number of hydrazine groups is 2. The summed E-state index contributed by atoms with van der Waals surface area (Å²) in [6.07, 6.45) is 4.02. The minimum Gasteiger partial charge on any atom is -0.239 e. The van der Waals surface area contributed by atoms with Crippen LogP contribution >= 0.6 is 22.9 Å². The van der Waals surface area contributed by atoms with E-state index < -0.39 is 0 Å². The van der Waals surface area contributed by atoms with Crippen molar-refractivity contribution in [2.75, 3.05) is 0 Å². The molecule has 0 bridgehead atoms. The summed E-state index contributed by atoms with van der Waals surface area (Å²) < 4.78 is 2.17. The van der Waals surface area contributed by atoms with E-state index >= 15 is 0 Å². The van der Waals surface area contributed by atoms with E-state index in [1.807, 2.05) is 0 Å². The lowest BCUT2D eigenvalue weighted by atomic mass is 9.84. The summed E-state index contributed by atoms with van der Waals surface area (Å²) in [5.74, 6) is 0.897. The van der Waals surface area contributed by atoms with E-state index in [1.54, 1.807) is 0 Å². The molecule has 2 N–H and O–H groups in total. The molecule has 64 valence electrons. The highest BCUT2D eigenvalue weighted by molar-refractivity contribution is 14.1. The molecule has 2 aliphatic rings. The highest BCUT2D eigenvalue weighted by Gasteiger charge is 2.36. The maximum atomic E-state index is 3.31. The number of nitrogens with zero attached hydrogens (tertiary/aromatic N) is 1. The molecule has 1 heterocycles. The molecule has 1 aliphatic heterocycles. The zero-order chi connectivity index (χ0) is 7.84. The van der Waals surface area contributed by atoms with Crippen LogP contribution in [0.4, 0.5) is 0 Å². The minimum absolute atomic E-state index is 0.677. The molecule has 3 nitrogen and oxygen atoms in total. The Morgan fingerprint density at radius 3 is 3.09 bits per heavy atom. The van der Waals surface area contributed by atoms with Crippen molar-refractivity contribution in [1.29, 1.82) is 0 Å². The molecule has 1 saturated carbocycles. The van der Waals surface area contributed by atoms with Gasteiger partial charge in [0.2, 0.25) is 0 Å². The molecule has 1 saturated heterocycles. The maximum Gasteiger partial charge on any atom is 0.0529 e. The molecule has 0 amide bonds. The number of hydrogen-bond acceptors (Lipinski definition) is 3. The molecular weight excluding hydrogens is 253 g/mol. The van der Waals surface area contributed by atoms with Crippen LogP contribution < -0.4 is 11.0 Å². The third kappa shape index (κ3) is 1.54. The molecule has 1 aliphatic carbocycles. The number of fused-ring (bicyclic) bond motifs is 1. The molecule has 11 heavy (non-hydrogen) atoms. The largest absolute Gasteiger partial charge is 0.239 e. The van der Waals surface area contributed by atoms with Gasteiger partial charge < -0.3 is 0 Å². The van der Waals surface area contributed by atoms with Gasteiger partial charge in [-0.05, 0) is 25.2 Å². The summed E-state index contributed by atoms with van der Waals surface area (Å²) in [7, 11) is 0. The van der Waals surface area contributed by atoms with Crippen LogP contribution in [0.2, 0.25) is 0 Å². The van der Waals surface area contributed by atoms with Gasteiger partial charge in [0.1, 0.15) is 0 Å². The first-order valence-corrected chi connectivity index (χ1v) is 5.20. The van der Waals surface area contributed by atoms with Gasteiger partial charge in [-0.25, -0.2) is 5.43 Å². The molecule has 0 aromatic heterocycles. The van der Waals surface area contributed by atoms with E-state index in [2.05, 4.69) is 44.0 Å². The Kier molecular flexibility index (Phi) is 2.36. The first-order valence-electron chi connectivity index (χ1n) is 4.23. The number of nitrogens with one attached hydrogen (secondary N) is 2. The fourth-order valence-corrected chi connectivity index (χ4v) is 2.82. The van der Waals surface area contributed by atoms with Gasteiger partial charge in [0.25, 0.3) is 0 Å². The Bertz CT molecular complexity index is 153. The van der Waals surface area contributed by atoms with Gasteiger partial charge in [-0.1, -0.05) is 6.92 Å². The summed E-state index contributed by atoms with van der Waals surface area (Å²) in [4.78, 5) is 0. The van der Waals surface area contributed by atoms with Gasteiger partial charge in [-0.2, -0.15) is 8.76 Å². The molecule has 2 unspecified atom stereocenters. The predicted octanol–water partition coefficient (Wildman–Crippen LogP) is 1.22. The number of rotatable bonds is 0. The van der Waals surface area contributed by atoms with Crippen LogP contribution in [0.25, 0.3) is 0 Å². The lowest BCUT2D eigenvalue weighted by Gasteiger charge is -2.29. The first-order chi connectivity index (χ1) is 5.27. The maximum absolute atomic E-state index is 3.31. The fourth-order valence-electron chi connectivity index (χ4n) is 2.02. The predicted molar refractivity (Wildman–Crippen MR) is 52.7 cm³/mol. The molecule has 0 radical (unpaired) electrons. The molecule has 4 heteroatoms. The summed E-state index contributed by atoms with van der Waals surface area (Å²) in [5, 5.41) is 0. The average molecular weight is 267 g/mol. The van der Waals surface area contributed by atoms with Gasteiger partial charge in [0, 0.05) is 28.9 Å². The van der Waals surface area contributed by atoms with Gasteiger partial charge in [-0.3, -0.25) is 0 Å². The van der Waals surface area contributed by atoms with Crippen molar-refractivity contribution in [2.45, 2.75) is 38.3 Å². The van der Waals surface area contributed by atoms with Crippen LogP contribution in [0, 0.1) is 5.92 Å². The minimum atomic E-state index is 0.677. The van der Waals surface area contributed by atoms with E-state index in [0.717, 1.165) is 5.92 Å². The van der Waals surface area contributed by atoms with E-state index in [1.165, 1.54) is 19.3 Å². The second kappa shape index (κ2) is 3.16. The van der Waals surface area contributed by atoms with Crippen LogP contribution in [0.5, 0.6) is 0 Å². The first kappa shape index (κ1) is 8.22. The van der Waals surface area contributed by atoms with Crippen molar-refractivity contribution in [3.05, 3.63) is 0 Å². The van der Waals surface area contributed by atoms with Crippen LogP contribution in [0.1, 0.15) is 26.2 Å². The average Bonchev–Trinajstić information content (AvgIpc) is 2.32. The summed E-state index contributed by atoms with van der Waals surface area (Å²) in [5.41, 5.74) is 6.46. The standard InChI is InChI=1S/C7H14IN3/c1-5-2-3-7-6(4-5)9-10-11(7)8/h5-7,9-10H,2-4H2,1H3/t5?,6-,7?/m1/s1. The van der Waals surface area contributed by atoms with Gasteiger partial charge in [0.15, 0.2) is 0 Å². The fraction of sp³-hybridized carbons (Fsp3) is 1.00. The Morgan fingerprint density at radius 2 is 2.27 bits per heavy atom. The quantitative estimate of drug-likeness (QED) is 0.510. The summed E-state index contributed by atoms with van der Waals surface area (Å²) in [6, 6.07) is 1.39. The van der Waals surface area contributed by atoms with Crippen molar-refractivity contribution in [2.24, 2.45) is 5.92 Å². The van der Waals surface area contributed by atoms with E-state index in [-0.39, 0.29) is 0 Å². The van der Waals surface area contributed by atoms with Gasteiger partial charge in [-0.15, -0.1) is 0 Å². The van der Waals surface area contributed by atoms with Crippen molar-refractivity contribution >= 4 is 22.9 Å². The van der Waals surface area contributed by atoms with E-state index in [0.29, 0.717) is 12.1 Å². The SMILES string of the molecule is CC1CCC2[C@@H](C1)NNN2I. The highest BCUT2D eigenvalue weighted by atomic mass is 127. The normalized spacial score (nSPS) is 45.8. The Balaban J connectivity index is 2.00. The summed E-state index contributed by atoms with van der Waals surface area (Å²) >= 11 is 2.33. The third-order valence-electron chi connectivity index (χ3n) is 2.72. The van der Waals surface area contributed by atoms with Crippen molar-refractivity contribution in [1.82, 2.24) is 14.2 Å². The van der Waals surface area contributed by atoms with E-state index in [4.69, 9.17) is 0 Å². The Hall–Kier alpha value is 0.610. The highest BCUT2D eigenvalue weighted by Crippen LogP contribution is 2.30. The van der Waals surface area contributed by atoms with Crippen molar-refractivity contribution in [3.63, 3.8) is 0 Å². The third-order valence-corrected chi connectivity index (χ3v) is 3.68. The zero-order valence-electron chi connectivity index (χ0n) is 6.68. The second-order valence-electron chi connectivity index (χ2n) is 3.66. The van der Waals surface area contributed by atoms with Crippen LogP contribution in [0.3, 0.4) is 0 Å². The number of halogens is 1. The molecular formula is C7H14IN3. The molecule has 3 atom stereocenters. The van der Waals surface area contributed by atoms with Crippen LogP contribution in [0.15, 0.2) is 0 Å². The van der Waals surface area contributed by atoms with Crippen LogP contribution in [-0.2, 0) is 0 Å². The smallest absolute Gasteiger partial charge is 0.0529 e. The van der Waals surface area contributed by atoms with E-state index in [9.17, 15) is 0 Å². The molecule has 0 spiro atoms. The monoisotopic (exact) mass is 267 g/mol. The topological polar surface area (TPSA) is 27.3 Å². The van der Waals surface area contributed by atoms with Crippen molar-refractivity contribution < 1.29 is 0 Å². The van der Waals surface area contributed by atoms with Crippen molar-refractivity contribution in [3.8, 4) is 0 Å². The second-order valence-corrected chi connectivity index (χ2v) is 4.70. The Morgan fingerprint density at radius 1 is 1.45 bits per heavy atom. The zero-order valence-corrected chi connectivity index (χ0v) is 8.84. The number of hydrogen-bond donors (Lipinski definition) is 2.